The van der Waals surface area contributed by atoms with E-state index in [9.17, 15) is 4.79 Å². The number of benzene rings is 1. The van der Waals surface area contributed by atoms with Crippen LogP contribution in [0.1, 0.15) is 56.9 Å². The number of piperidine rings is 1. The molecule has 1 saturated carbocycles. The Kier molecular flexibility index (Phi) is 5.64. The van der Waals surface area contributed by atoms with Gasteiger partial charge in [0.25, 0.3) is 0 Å². The number of amides is 1. The molecule has 5 nitrogen and oxygen atoms in total. The summed E-state index contributed by atoms with van der Waals surface area (Å²) in [5.74, 6) is 0.931. The van der Waals surface area contributed by atoms with Gasteiger partial charge in [-0.05, 0) is 62.9 Å². The third kappa shape index (κ3) is 4.43. The fraction of sp³-hybridized carbons (Fsp3) is 0.619. The first-order valence-corrected chi connectivity index (χ1v) is 11.0. The fourth-order valence-corrected chi connectivity index (χ4v) is 5.09. The van der Waals surface area contributed by atoms with Crippen LogP contribution in [0.25, 0.3) is 10.2 Å². The summed E-state index contributed by atoms with van der Waals surface area (Å²) in [5.41, 5.74) is 1.80. The quantitative estimate of drug-likeness (QED) is 0.763. The summed E-state index contributed by atoms with van der Waals surface area (Å²) >= 11 is 1.77. The summed E-state index contributed by atoms with van der Waals surface area (Å²) in [5, 5.41) is 4.06. The second-order valence-electron chi connectivity index (χ2n) is 8.27. The van der Waals surface area contributed by atoms with Gasteiger partial charge < -0.3 is 9.64 Å². The first-order valence-electron chi connectivity index (χ1n) is 10.2. The highest BCUT2D eigenvalue weighted by atomic mass is 32.1. The summed E-state index contributed by atoms with van der Waals surface area (Å²) in [6, 6.07) is 6.66. The van der Waals surface area contributed by atoms with Crippen molar-refractivity contribution < 1.29 is 9.53 Å². The molecule has 2 fully saturated rings. The first-order chi connectivity index (χ1) is 13.1. The second-order valence-corrected chi connectivity index (χ2v) is 9.33. The third-order valence-electron chi connectivity index (χ3n) is 5.57. The molecule has 1 aliphatic carbocycles. The molecular formula is C21H29N3O2S. The minimum Gasteiger partial charge on any atom is -0.449 e. The molecule has 1 aromatic carbocycles. The van der Waals surface area contributed by atoms with Crippen molar-refractivity contribution in [1.82, 2.24) is 9.88 Å². The van der Waals surface area contributed by atoms with Gasteiger partial charge in [-0.3, -0.25) is 5.32 Å². The molecule has 0 bridgehead atoms. The molecule has 4 rings (SSSR count). The molecule has 1 aliphatic heterocycles. The van der Waals surface area contributed by atoms with Gasteiger partial charge in [0.1, 0.15) is 0 Å². The van der Waals surface area contributed by atoms with Crippen LogP contribution >= 0.6 is 11.3 Å². The van der Waals surface area contributed by atoms with Gasteiger partial charge >= 0.3 is 6.09 Å². The Morgan fingerprint density at radius 1 is 1.30 bits per heavy atom. The van der Waals surface area contributed by atoms with Crippen molar-refractivity contribution in [1.29, 1.82) is 0 Å². The minimum atomic E-state index is -0.392. The van der Waals surface area contributed by atoms with Crippen LogP contribution in [0.15, 0.2) is 18.2 Å². The summed E-state index contributed by atoms with van der Waals surface area (Å²) < 4.78 is 6.32. The average molecular weight is 388 g/mol. The van der Waals surface area contributed by atoms with Crippen molar-refractivity contribution in [2.24, 2.45) is 5.92 Å². The molecule has 0 spiro atoms. The Hall–Kier alpha value is -1.66. The van der Waals surface area contributed by atoms with Crippen LogP contribution in [0.2, 0.25) is 0 Å². The van der Waals surface area contributed by atoms with Crippen LogP contribution in [0.3, 0.4) is 0 Å². The van der Waals surface area contributed by atoms with Crippen LogP contribution in [0.5, 0.6) is 0 Å². The average Bonchev–Trinajstić information content (AvgIpc) is 3.02. The summed E-state index contributed by atoms with van der Waals surface area (Å²) in [4.78, 5) is 19.4. The number of ether oxygens (including phenoxy) is 1. The van der Waals surface area contributed by atoms with E-state index in [1.807, 2.05) is 32.0 Å². The van der Waals surface area contributed by atoms with Crippen molar-refractivity contribution in [3.63, 3.8) is 0 Å². The number of carbonyl (C=O) groups is 1. The summed E-state index contributed by atoms with van der Waals surface area (Å²) in [7, 11) is 0. The van der Waals surface area contributed by atoms with Crippen molar-refractivity contribution >= 4 is 33.3 Å². The molecular weight excluding hydrogens is 358 g/mol. The Morgan fingerprint density at radius 2 is 2.07 bits per heavy atom. The van der Waals surface area contributed by atoms with Crippen molar-refractivity contribution in [3.8, 4) is 0 Å². The lowest BCUT2D eigenvalue weighted by Crippen LogP contribution is -2.46. The lowest BCUT2D eigenvalue weighted by molar-refractivity contribution is 0.0888. The predicted octanol–water partition coefficient (Wildman–Crippen LogP) is 5.23. The van der Waals surface area contributed by atoms with Crippen LogP contribution in [-0.2, 0) is 4.74 Å². The Balaban J connectivity index is 1.36. The van der Waals surface area contributed by atoms with E-state index >= 15 is 0 Å². The number of hydrogen-bond donors (Lipinski definition) is 1. The molecule has 0 atom stereocenters. The highest BCUT2D eigenvalue weighted by Crippen LogP contribution is 2.43. The molecule has 27 heavy (non-hydrogen) atoms. The fourth-order valence-electron chi connectivity index (χ4n) is 3.96. The Morgan fingerprint density at radius 3 is 2.81 bits per heavy atom. The van der Waals surface area contributed by atoms with E-state index in [1.54, 1.807) is 11.3 Å². The highest BCUT2D eigenvalue weighted by molar-refractivity contribution is 7.18. The number of aromatic nitrogens is 1. The lowest BCUT2D eigenvalue weighted by Gasteiger charge is -2.43. The maximum absolute atomic E-state index is 11.9. The van der Waals surface area contributed by atoms with Gasteiger partial charge in [0.2, 0.25) is 0 Å². The maximum Gasteiger partial charge on any atom is 0.411 e. The van der Waals surface area contributed by atoms with Gasteiger partial charge in [-0.1, -0.05) is 20.3 Å². The standard InChI is InChI=1S/C21H29N3O2S/c1-14(2)13-26-21(25)22-16-6-7-18-19(12-16)27-20(23-18)15-10-17(11-15)24-8-4-3-5-9-24/h6-7,12,14-15,17H,3-5,8-11,13H2,1-2H3,(H,22,25). The van der Waals surface area contributed by atoms with Crippen molar-refractivity contribution in [3.05, 3.63) is 23.2 Å². The summed E-state index contributed by atoms with van der Waals surface area (Å²) in [6.07, 6.45) is 6.20. The predicted molar refractivity (Wildman–Crippen MR) is 111 cm³/mol. The smallest absolute Gasteiger partial charge is 0.411 e. The van der Waals surface area contributed by atoms with Crippen molar-refractivity contribution in [2.75, 3.05) is 25.0 Å². The normalized spacial score (nSPS) is 23.4. The first kappa shape index (κ1) is 18.7. The summed E-state index contributed by atoms with van der Waals surface area (Å²) in [6.45, 7) is 7.03. The van der Waals surface area contributed by atoms with Gasteiger partial charge in [-0.2, -0.15) is 0 Å². The van der Waals surface area contributed by atoms with Gasteiger partial charge in [-0.25, -0.2) is 9.78 Å². The van der Waals surface area contributed by atoms with Gasteiger partial charge in [0.05, 0.1) is 21.8 Å². The zero-order valence-electron chi connectivity index (χ0n) is 16.2. The minimum absolute atomic E-state index is 0.332. The Bertz CT molecular complexity index is 792. The van der Waals surface area contributed by atoms with Crippen LogP contribution < -0.4 is 5.32 Å². The highest BCUT2D eigenvalue weighted by Gasteiger charge is 2.36. The molecule has 6 heteroatoms. The zero-order valence-corrected chi connectivity index (χ0v) is 17.1. The van der Waals surface area contributed by atoms with Crippen molar-refractivity contribution in [2.45, 2.75) is 57.9 Å². The molecule has 0 unspecified atom stereocenters. The lowest BCUT2D eigenvalue weighted by atomic mass is 9.79. The van der Waals surface area contributed by atoms with Crippen LogP contribution in [-0.4, -0.2) is 41.7 Å². The SMILES string of the molecule is CC(C)COC(=O)Nc1ccc2nc(C3CC(N4CCCCC4)C3)sc2c1. The van der Waals surface area contributed by atoms with E-state index in [-0.39, 0.29) is 0 Å². The number of carbonyl (C=O) groups excluding carboxylic acids is 1. The number of fused-ring (bicyclic) bond motifs is 1. The van der Waals surface area contributed by atoms with E-state index < -0.39 is 6.09 Å². The number of thiazole rings is 1. The van der Waals surface area contributed by atoms with E-state index in [0.29, 0.717) is 18.4 Å². The van der Waals surface area contributed by atoms with Crippen LogP contribution in [0.4, 0.5) is 10.5 Å². The monoisotopic (exact) mass is 387 g/mol. The number of likely N-dealkylation sites (tertiary alicyclic amines) is 1. The van der Waals surface area contributed by atoms with Gasteiger partial charge in [0, 0.05) is 17.6 Å². The van der Waals surface area contributed by atoms with E-state index in [1.165, 1.54) is 50.2 Å². The van der Waals surface area contributed by atoms with Crippen LogP contribution in [0, 0.1) is 5.92 Å². The largest absolute Gasteiger partial charge is 0.449 e. The van der Waals surface area contributed by atoms with Gasteiger partial charge in [0.15, 0.2) is 0 Å². The number of rotatable bonds is 5. The van der Waals surface area contributed by atoms with E-state index in [2.05, 4.69) is 10.2 Å². The molecule has 2 aromatic rings. The molecule has 0 radical (unpaired) electrons. The van der Waals surface area contributed by atoms with Gasteiger partial charge in [-0.15, -0.1) is 11.3 Å². The van der Waals surface area contributed by atoms with E-state index in [0.717, 1.165) is 21.9 Å². The molecule has 1 N–H and O–H groups in total. The maximum atomic E-state index is 11.9. The number of nitrogens with one attached hydrogen (secondary N) is 1. The molecule has 2 aliphatic rings. The molecule has 1 saturated heterocycles. The number of nitrogens with zero attached hydrogens (tertiary/aromatic N) is 2. The molecule has 1 aromatic heterocycles. The third-order valence-corrected chi connectivity index (χ3v) is 6.75. The number of hydrogen-bond acceptors (Lipinski definition) is 5. The number of anilines is 1. The van der Waals surface area contributed by atoms with E-state index in [4.69, 9.17) is 9.72 Å². The zero-order chi connectivity index (χ0) is 18.8. The topological polar surface area (TPSA) is 54.5 Å². The Labute approximate surface area is 165 Å². The molecule has 146 valence electrons. The molecule has 1 amide bonds. The second kappa shape index (κ2) is 8.15. The molecule has 2 heterocycles.